The van der Waals surface area contributed by atoms with E-state index >= 15 is 0 Å². The van der Waals surface area contributed by atoms with Crippen LogP contribution in [0.3, 0.4) is 0 Å². The largest absolute Gasteiger partial charge is 0.466 e. The van der Waals surface area contributed by atoms with E-state index in [0.717, 1.165) is 6.07 Å². The molecule has 1 aromatic carbocycles. The summed E-state index contributed by atoms with van der Waals surface area (Å²) in [7, 11) is 0. The molecule has 0 saturated heterocycles. The smallest absolute Gasteiger partial charge is 0.387 e. The lowest BCUT2D eigenvalue weighted by atomic mass is 10.0. The predicted octanol–water partition coefficient (Wildman–Crippen LogP) is 3.00. The summed E-state index contributed by atoms with van der Waals surface area (Å²) in [5.74, 6) is -0.755. The molecule has 0 atom stereocenters. The summed E-state index contributed by atoms with van der Waals surface area (Å²) in [5.41, 5.74) is 0.719. The van der Waals surface area contributed by atoms with Gasteiger partial charge in [-0.1, -0.05) is 0 Å². The molecule has 0 unspecified atom stereocenters. The number of halogens is 3. The number of carbonyl (C=O) groups excluding carboxylic acids is 1. The van der Waals surface area contributed by atoms with Crippen molar-refractivity contribution in [3.05, 3.63) is 28.8 Å². The summed E-state index contributed by atoms with van der Waals surface area (Å²) in [6, 6.07) is 4.39. The average molecular weight is 304 g/mol. The topological polar surface area (TPSA) is 59.3 Å². The number of rotatable bonds is 6. The molecule has 0 amide bonds. The Morgan fingerprint density at radius 3 is 2.65 bits per heavy atom. The Hall–Kier alpha value is -1.87. The summed E-state index contributed by atoms with van der Waals surface area (Å²) in [6.45, 7) is -1.14. The average Bonchev–Trinajstić information content (AvgIpc) is 2.39. The van der Waals surface area contributed by atoms with Gasteiger partial charge in [0.15, 0.2) is 0 Å². The second-order valence-electron chi connectivity index (χ2n) is 3.72. The lowest BCUT2D eigenvalue weighted by Crippen LogP contribution is -2.10. The molecule has 0 fully saturated rings. The molecular formula is C13H12ClF2NO3. The van der Waals surface area contributed by atoms with Crippen LogP contribution in [0, 0.1) is 11.3 Å². The third-order valence-electron chi connectivity index (χ3n) is 2.41. The van der Waals surface area contributed by atoms with Gasteiger partial charge in [0.25, 0.3) is 0 Å². The number of nitriles is 1. The highest BCUT2D eigenvalue weighted by molar-refractivity contribution is 6.17. The van der Waals surface area contributed by atoms with Gasteiger partial charge < -0.3 is 9.47 Å². The van der Waals surface area contributed by atoms with Crippen molar-refractivity contribution >= 4 is 17.6 Å². The van der Waals surface area contributed by atoms with E-state index in [4.69, 9.17) is 21.6 Å². The molecule has 0 saturated carbocycles. The van der Waals surface area contributed by atoms with Crippen molar-refractivity contribution in [3.8, 4) is 11.8 Å². The Morgan fingerprint density at radius 1 is 1.45 bits per heavy atom. The van der Waals surface area contributed by atoms with Crippen molar-refractivity contribution in [2.45, 2.75) is 25.8 Å². The molecule has 0 bridgehead atoms. The van der Waals surface area contributed by atoms with Crippen molar-refractivity contribution in [3.63, 3.8) is 0 Å². The molecule has 108 valence electrons. The van der Waals surface area contributed by atoms with Crippen LogP contribution in [0.5, 0.6) is 5.75 Å². The highest BCUT2D eigenvalue weighted by atomic mass is 35.5. The van der Waals surface area contributed by atoms with E-state index in [1.54, 1.807) is 6.92 Å². The zero-order valence-corrected chi connectivity index (χ0v) is 11.4. The number of carbonyl (C=O) groups is 1. The molecule has 0 aliphatic heterocycles. The van der Waals surface area contributed by atoms with E-state index in [1.807, 2.05) is 6.07 Å². The van der Waals surface area contributed by atoms with Gasteiger partial charge in [-0.2, -0.15) is 14.0 Å². The van der Waals surface area contributed by atoms with Crippen molar-refractivity contribution in [2.24, 2.45) is 0 Å². The van der Waals surface area contributed by atoms with Gasteiger partial charge in [-0.25, -0.2) is 0 Å². The van der Waals surface area contributed by atoms with E-state index in [0.29, 0.717) is 5.56 Å². The van der Waals surface area contributed by atoms with Crippen LogP contribution in [0.25, 0.3) is 0 Å². The fourth-order valence-electron chi connectivity index (χ4n) is 1.60. The van der Waals surface area contributed by atoms with Gasteiger partial charge in [0, 0.05) is 5.56 Å². The van der Waals surface area contributed by atoms with Crippen molar-refractivity contribution in [1.82, 2.24) is 0 Å². The van der Waals surface area contributed by atoms with E-state index in [-0.39, 0.29) is 35.8 Å². The van der Waals surface area contributed by atoms with Crippen LogP contribution in [-0.4, -0.2) is 19.2 Å². The minimum absolute atomic E-state index is 0.0718. The van der Waals surface area contributed by atoms with Crippen LogP contribution in [0.15, 0.2) is 12.1 Å². The monoisotopic (exact) mass is 303 g/mol. The SMILES string of the molecule is CCOC(=O)Cc1cc(CCl)c(OC(F)F)cc1C#N. The van der Waals surface area contributed by atoms with Gasteiger partial charge in [0.05, 0.1) is 30.5 Å². The molecule has 20 heavy (non-hydrogen) atoms. The molecule has 1 aromatic rings. The zero-order chi connectivity index (χ0) is 15.1. The van der Waals surface area contributed by atoms with Crippen LogP contribution in [0.4, 0.5) is 8.78 Å². The maximum Gasteiger partial charge on any atom is 0.387 e. The minimum Gasteiger partial charge on any atom is -0.466 e. The number of nitrogens with zero attached hydrogens (tertiary/aromatic N) is 1. The summed E-state index contributed by atoms with van der Waals surface area (Å²) >= 11 is 5.66. The van der Waals surface area contributed by atoms with Gasteiger partial charge in [0.2, 0.25) is 0 Å². The number of hydrogen-bond donors (Lipinski definition) is 0. The molecule has 1 rings (SSSR count). The first kappa shape index (κ1) is 16.2. The fourth-order valence-corrected chi connectivity index (χ4v) is 1.81. The van der Waals surface area contributed by atoms with Crippen LogP contribution in [0.2, 0.25) is 0 Å². The minimum atomic E-state index is -3.01. The van der Waals surface area contributed by atoms with Crippen LogP contribution < -0.4 is 4.74 Å². The Kier molecular flexibility index (Phi) is 6.19. The second kappa shape index (κ2) is 7.65. The lowest BCUT2D eigenvalue weighted by Gasteiger charge is -2.12. The van der Waals surface area contributed by atoms with E-state index < -0.39 is 12.6 Å². The van der Waals surface area contributed by atoms with E-state index in [9.17, 15) is 13.6 Å². The first-order valence-electron chi connectivity index (χ1n) is 5.74. The van der Waals surface area contributed by atoms with Crippen molar-refractivity contribution < 1.29 is 23.0 Å². The van der Waals surface area contributed by atoms with Crippen LogP contribution >= 0.6 is 11.6 Å². The number of alkyl halides is 3. The molecule has 0 aliphatic carbocycles. The molecule has 4 nitrogen and oxygen atoms in total. The normalized spacial score (nSPS) is 10.2. The molecule has 0 N–H and O–H groups in total. The van der Waals surface area contributed by atoms with Gasteiger partial charge in [-0.05, 0) is 24.6 Å². The molecular weight excluding hydrogens is 292 g/mol. The van der Waals surface area contributed by atoms with Gasteiger partial charge in [0.1, 0.15) is 5.75 Å². The summed E-state index contributed by atoms with van der Waals surface area (Å²) in [6.07, 6.45) is -0.129. The maximum atomic E-state index is 12.3. The number of benzene rings is 1. The maximum absolute atomic E-state index is 12.3. The summed E-state index contributed by atoms with van der Waals surface area (Å²) in [4.78, 5) is 11.4. The fraction of sp³-hybridized carbons (Fsp3) is 0.385. The predicted molar refractivity (Wildman–Crippen MR) is 67.7 cm³/mol. The molecule has 0 radical (unpaired) electrons. The standard InChI is InChI=1S/C13H12ClF2NO3/c1-2-19-12(18)5-8-3-9(6-14)11(20-13(15)16)4-10(8)7-17/h3-4,13H,2,5-6H2,1H3. The molecule has 7 heteroatoms. The summed E-state index contributed by atoms with van der Waals surface area (Å²) < 4.78 is 33.6. The second-order valence-corrected chi connectivity index (χ2v) is 3.99. The van der Waals surface area contributed by atoms with Crippen molar-refractivity contribution in [1.29, 1.82) is 5.26 Å². The van der Waals surface area contributed by atoms with Crippen LogP contribution in [0.1, 0.15) is 23.6 Å². The summed E-state index contributed by atoms with van der Waals surface area (Å²) in [5, 5.41) is 9.01. The van der Waals surface area contributed by atoms with Gasteiger partial charge >= 0.3 is 12.6 Å². The molecule has 0 aromatic heterocycles. The third-order valence-corrected chi connectivity index (χ3v) is 2.69. The number of hydrogen-bond acceptors (Lipinski definition) is 4. The zero-order valence-electron chi connectivity index (χ0n) is 10.7. The Balaban J connectivity index is 3.12. The molecule has 0 heterocycles. The highest BCUT2D eigenvalue weighted by Crippen LogP contribution is 2.27. The molecule has 0 aliphatic rings. The number of esters is 1. The van der Waals surface area contributed by atoms with E-state index in [1.165, 1.54) is 6.07 Å². The van der Waals surface area contributed by atoms with Crippen LogP contribution in [-0.2, 0) is 21.8 Å². The quantitative estimate of drug-likeness (QED) is 0.599. The Labute approximate surface area is 119 Å². The van der Waals surface area contributed by atoms with Gasteiger partial charge in [-0.3, -0.25) is 4.79 Å². The Bertz CT molecular complexity index is 529. The van der Waals surface area contributed by atoms with E-state index in [2.05, 4.69) is 4.74 Å². The first-order valence-corrected chi connectivity index (χ1v) is 6.27. The van der Waals surface area contributed by atoms with Gasteiger partial charge in [-0.15, -0.1) is 11.6 Å². The highest BCUT2D eigenvalue weighted by Gasteiger charge is 2.16. The third kappa shape index (κ3) is 4.35. The van der Waals surface area contributed by atoms with Crippen molar-refractivity contribution in [2.75, 3.05) is 6.61 Å². The first-order chi connectivity index (χ1) is 9.51. The molecule has 0 spiro atoms. The number of ether oxygens (including phenoxy) is 2. The lowest BCUT2D eigenvalue weighted by molar-refractivity contribution is -0.142. The Morgan fingerprint density at radius 2 is 2.15 bits per heavy atom.